The number of nitrogens with one attached hydrogen (secondary N) is 2. The van der Waals surface area contributed by atoms with Gasteiger partial charge in [0, 0.05) is 25.6 Å². The van der Waals surface area contributed by atoms with Crippen molar-refractivity contribution in [2.24, 2.45) is 5.41 Å². The van der Waals surface area contributed by atoms with E-state index in [9.17, 15) is 22.8 Å². The molecule has 1 heterocycles. The molecule has 0 unspecified atom stereocenters. The van der Waals surface area contributed by atoms with Gasteiger partial charge in [0.05, 0.1) is 16.9 Å². The van der Waals surface area contributed by atoms with E-state index in [0.29, 0.717) is 18.7 Å². The molecule has 0 radical (unpaired) electrons. The maximum absolute atomic E-state index is 12.4. The number of carbonyl (C=O) groups is 3. The molecule has 1 fully saturated rings. The third kappa shape index (κ3) is 5.06. The van der Waals surface area contributed by atoms with Gasteiger partial charge >= 0.3 is 0 Å². The molecule has 1 aromatic carbocycles. The van der Waals surface area contributed by atoms with Crippen LogP contribution in [0.15, 0.2) is 24.3 Å². The van der Waals surface area contributed by atoms with Crippen LogP contribution in [0.1, 0.15) is 44.0 Å². The van der Waals surface area contributed by atoms with Crippen molar-refractivity contribution in [1.29, 1.82) is 0 Å². The highest BCUT2D eigenvalue weighted by Gasteiger charge is 2.49. The Kier molecular flexibility index (Phi) is 6.25. The number of rotatable bonds is 7. The summed E-state index contributed by atoms with van der Waals surface area (Å²) in [5.74, 6) is -1.07. The predicted octanol–water partition coefficient (Wildman–Crippen LogP) is 1.04. The largest absolute Gasteiger partial charge is 0.356 e. The average Bonchev–Trinajstić information content (AvgIpc) is 2.73. The zero-order valence-corrected chi connectivity index (χ0v) is 16.6. The van der Waals surface area contributed by atoms with Gasteiger partial charge in [-0.05, 0) is 51.0 Å². The lowest BCUT2D eigenvalue weighted by Crippen LogP contribution is -2.33. The van der Waals surface area contributed by atoms with Gasteiger partial charge in [-0.2, -0.15) is 0 Å². The van der Waals surface area contributed by atoms with E-state index in [2.05, 4.69) is 10.6 Å². The van der Waals surface area contributed by atoms with Crippen molar-refractivity contribution in [3.63, 3.8) is 0 Å². The van der Waals surface area contributed by atoms with Crippen molar-refractivity contribution in [1.82, 2.24) is 10.6 Å². The maximum Gasteiger partial charge on any atom is 0.251 e. The van der Waals surface area contributed by atoms with Gasteiger partial charge in [0.1, 0.15) is 0 Å². The second kappa shape index (κ2) is 8.08. The first-order valence-electron chi connectivity index (χ1n) is 8.75. The van der Waals surface area contributed by atoms with E-state index in [4.69, 9.17) is 0 Å². The van der Waals surface area contributed by atoms with Gasteiger partial charge in [-0.1, -0.05) is 0 Å². The summed E-state index contributed by atoms with van der Waals surface area (Å²) < 4.78 is 25.4. The van der Waals surface area contributed by atoms with E-state index < -0.39 is 21.3 Å². The highest BCUT2D eigenvalue weighted by atomic mass is 32.2. The van der Waals surface area contributed by atoms with Crippen LogP contribution in [0.2, 0.25) is 0 Å². The van der Waals surface area contributed by atoms with Crippen molar-refractivity contribution in [2.45, 2.75) is 33.6 Å². The van der Waals surface area contributed by atoms with Crippen LogP contribution >= 0.6 is 0 Å². The molecule has 0 atom stereocenters. The van der Waals surface area contributed by atoms with Crippen molar-refractivity contribution in [2.75, 3.05) is 23.1 Å². The molecule has 1 aliphatic heterocycles. The Morgan fingerprint density at radius 3 is 2.11 bits per heavy atom. The summed E-state index contributed by atoms with van der Waals surface area (Å²) in [7, 11) is -3.71. The van der Waals surface area contributed by atoms with Crippen LogP contribution in [0.5, 0.6) is 0 Å². The topological polar surface area (TPSA) is 113 Å². The normalized spacial score (nSPS) is 17.6. The molecule has 9 heteroatoms. The molecule has 1 aliphatic rings. The second-order valence-electron chi connectivity index (χ2n) is 7.20. The molecule has 0 saturated carbocycles. The summed E-state index contributed by atoms with van der Waals surface area (Å²) in [4.78, 5) is 35.3. The summed E-state index contributed by atoms with van der Waals surface area (Å²) in [5, 5.41) is 5.45. The van der Waals surface area contributed by atoms with Crippen LogP contribution in [-0.2, 0) is 19.6 Å². The van der Waals surface area contributed by atoms with Crippen LogP contribution in [0.3, 0.4) is 0 Å². The fourth-order valence-corrected chi connectivity index (χ4v) is 4.94. The molecular weight excluding hydrogens is 370 g/mol. The Bertz CT molecular complexity index is 831. The van der Waals surface area contributed by atoms with E-state index in [-0.39, 0.29) is 23.3 Å². The number of amides is 3. The Hall–Kier alpha value is -2.42. The molecule has 0 bridgehead atoms. The first-order chi connectivity index (χ1) is 12.5. The van der Waals surface area contributed by atoms with Crippen molar-refractivity contribution < 1.29 is 22.8 Å². The Balaban J connectivity index is 1.94. The molecule has 1 saturated heterocycles. The molecule has 0 spiro atoms. The molecule has 1 aromatic rings. The minimum atomic E-state index is -3.71. The molecule has 27 heavy (non-hydrogen) atoms. The van der Waals surface area contributed by atoms with Crippen LogP contribution < -0.4 is 14.9 Å². The van der Waals surface area contributed by atoms with Crippen LogP contribution in [0.25, 0.3) is 0 Å². The lowest BCUT2D eigenvalue weighted by molar-refractivity contribution is -0.123. The number of sulfonamides is 1. The van der Waals surface area contributed by atoms with Crippen molar-refractivity contribution in [3.8, 4) is 0 Å². The standard InChI is InChI=1S/C18H25N3O5S/c1-13(22)19-10-4-5-11-20-16(23)14-6-8-15(9-7-14)21-17(24)18(2,3)12-27(21,25)26/h6-9H,4-5,10-12H2,1-3H3,(H,19,22)(H,20,23). The highest BCUT2D eigenvalue weighted by molar-refractivity contribution is 7.94. The van der Waals surface area contributed by atoms with Crippen LogP contribution in [0, 0.1) is 5.41 Å². The predicted molar refractivity (Wildman–Crippen MR) is 102 cm³/mol. The zero-order valence-electron chi connectivity index (χ0n) is 15.7. The molecule has 2 rings (SSSR count). The number of anilines is 1. The van der Waals surface area contributed by atoms with Gasteiger partial charge in [-0.15, -0.1) is 0 Å². The van der Waals surface area contributed by atoms with E-state index in [1.807, 2.05) is 0 Å². The first-order valence-corrected chi connectivity index (χ1v) is 10.4. The van der Waals surface area contributed by atoms with E-state index in [1.54, 1.807) is 13.8 Å². The summed E-state index contributed by atoms with van der Waals surface area (Å²) in [5.41, 5.74) is -0.354. The summed E-state index contributed by atoms with van der Waals surface area (Å²) >= 11 is 0. The third-order valence-electron chi connectivity index (χ3n) is 4.21. The summed E-state index contributed by atoms with van der Waals surface area (Å²) in [6.07, 6.45) is 1.48. The number of nitrogens with zero attached hydrogens (tertiary/aromatic N) is 1. The Morgan fingerprint density at radius 2 is 1.63 bits per heavy atom. The van der Waals surface area contributed by atoms with E-state index in [1.165, 1.54) is 31.2 Å². The number of hydrogen-bond acceptors (Lipinski definition) is 5. The van der Waals surface area contributed by atoms with Crippen LogP contribution in [0.4, 0.5) is 5.69 Å². The lowest BCUT2D eigenvalue weighted by Gasteiger charge is -2.17. The van der Waals surface area contributed by atoms with Gasteiger partial charge in [-0.25, -0.2) is 12.7 Å². The molecule has 2 N–H and O–H groups in total. The van der Waals surface area contributed by atoms with Gasteiger partial charge in [0.15, 0.2) is 0 Å². The molecular formula is C18H25N3O5S. The highest BCUT2D eigenvalue weighted by Crippen LogP contribution is 2.35. The average molecular weight is 395 g/mol. The molecule has 3 amide bonds. The van der Waals surface area contributed by atoms with Crippen molar-refractivity contribution in [3.05, 3.63) is 29.8 Å². The fourth-order valence-electron chi connectivity index (χ4n) is 2.83. The van der Waals surface area contributed by atoms with Gasteiger partial charge < -0.3 is 10.6 Å². The quantitative estimate of drug-likeness (QED) is 0.670. The molecule has 148 valence electrons. The number of unbranched alkanes of at least 4 members (excludes halogenated alkanes) is 1. The van der Waals surface area contributed by atoms with Crippen LogP contribution in [-0.4, -0.2) is 45.0 Å². The Labute approximate surface area is 159 Å². The minimum Gasteiger partial charge on any atom is -0.356 e. The van der Waals surface area contributed by atoms with Gasteiger partial charge in [0.25, 0.3) is 5.91 Å². The molecule has 0 aliphatic carbocycles. The maximum atomic E-state index is 12.4. The first kappa shape index (κ1) is 20.9. The minimum absolute atomic E-state index is 0.0824. The fraction of sp³-hybridized carbons (Fsp3) is 0.500. The van der Waals surface area contributed by atoms with Crippen molar-refractivity contribution >= 4 is 33.4 Å². The van der Waals surface area contributed by atoms with E-state index >= 15 is 0 Å². The third-order valence-corrected chi connectivity index (χ3v) is 6.23. The second-order valence-corrected chi connectivity index (χ2v) is 9.02. The molecule has 8 nitrogen and oxygen atoms in total. The smallest absolute Gasteiger partial charge is 0.251 e. The Morgan fingerprint density at radius 1 is 1.07 bits per heavy atom. The summed E-state index contributed by atoms with van der Waals surface area (Å²) in [6.45, 7) is 5.68. The monoisotopic (exact) mass is 395 g/mol. The summed E-state index contributed by atoms with van der Waals surface area (Å²) in [6, 6.07) is 5.91. The number of benzene rings is 1. The lowest BCUT2D eigenvalue weighted by atomic mass is 9.95. The molecule has 0 aromatic heterocycles. The van der Waals surface area contributed by atoms with Gasteiger partial charge in [0.2, 0.25) is 21.8 Å². The van der Waals surface area contributed by atoms with E-state index in [0.717, 1.165) is 17.1 Å². The number of carbonyl (C=O) groups excluding carboxylic acids is 3. The zero-order chi connectivity index (χ0) is 20.2. The SMILES string of the molecule is CC(=O)NCCCCNC(=O)c1ccc(N2C(=O)C(C)(C)CS2(=O)=O)cc1. The van der Waals surface area contributed by atoms with Gasteiger partial charge in [-0.3, -0.25) is 14.4 Å². The number of hydrogen-bond donors (Lipinski definition) is 2.